The van der Waals surface area contributed by atoms with E-state index in [0.29, 0.717) is 0 Å². The van der Waals surface area contributed by atoms with Crippen LogP contribution in [0.1, 0.15) is 16.1 Å². The van der Waals surface area contributed by atoms with E-state index in [9.17, 15) is 4.79 Å². The zero-order chi connectivity index (χ0) is 13.8. The van der Waals surface area contributed by atoms with Crippen LogP contribution in [-0.4, -0.2) is 16.2 Å². The van der Waals surface area contributed by atoms with Crippen LogP contribution < -0.4 is 0 Å². The summed E-state index contributed by atoms with van der Waals surface area (Å²) in [4.78, 5) is 11.8. The summed E-state index contributed by atoms with van der Waals surface area (Å²) in [6, 6.07) is 17.2. The number of carbonyl (C=O) groups is 1. The van der Waals surface area contributed by atoms with Gasteiger partial charge in [-0.1, -0.05) is 42.5 Å². The van der Waals surface area contributed by atoms with Crippen molar-refractivity contribution in [3.8, 4) is 0 Å². The van der Waals surface area contributed by atoms with Gasteiger partial charge in [0.25, 0.3) is 0 Å². The van der Waals surface area contributed by atoms with Gasteiger partial charge < -0.3 is 4.74 Å². The standard InChI is InChI=1S/C16H12N2O2/c19-16(15-9-4-10-17-18-15)20-11-13-7-3-6-12-5-1-2-8-14(12)13/h1-10H,11H2. The number of esters is 1. The minimum absolute atomic E-state index is 0.215. The molecule has 0 spiro atoms. The monoisotopic (exact) mass is 264 g/mol. The number of fused-ring (bicyclic) bond motifs is 1. The quantitative estimate of drug-likeness (QED) is 0.682. The molecule has 1 aromatic heterocycles. The lowest BCUT2D eigenvalue weighted by atomic mass is 10.1. The Morgan fingerprint density at radius 1 is 1.00 bits per heavy atom. The number of carbonyl (C=O) groups excluding carboxylic acids is 1. The molecule has 1 heterocycles. The van der Waals surface area contributed by atoms with E-state index in [2.05, 4.69) is 10.2 Å². The molecule has 0 saturated carbocycles. The highest BCUT2D eigenvalue weighted by Crippen LogP contribution is 2.19. The van der Waals surface area contributed by atoms with Crippen LogP contribution in [0.15, 0.2) is 60.8 Å². The molecule has 98 valence electrons. The third kappa shape index (κ3) is 2.49. The summed E-state index contributed by atoms with van der Waals surface area (Å²) in [7, 11) is 0. The number of nitrogens with zero attached hydrogens (tertiary/aromatic N) is 2. The Labute approximate surface area is 116 Å². The van der Waals surface area contributed by atoms with Gasteiger partial charge in [-0.15, -0.1) is 5.10 Å². The van der Waals surface area contributed by atoms with E-state index in [0.717, 1.165) is 16.3 Å². The van der Waals surface area contributed by atoms with Crippen molar-refractivity contribution < 1.29 is 9.53 Å². The number of hydrogen-bond acceptors (Lipinski definition) is 4. The van der Waals surface area contributed by atoms with E-state index < -0.39 is 5.97 Å². The van der Waals surface area contributed by atoms with Crippen LogP contribution in [0, 0.1) is 0 Å². The first-order valence-corrected chi connectivity index (χ1v) is 6.26. The van der Waals surface area contributed by atoms with Crippen molar-refractivity contribution in [2.24, 2.45) is 0 Å². The summed E-state index contributed by atoms with van der Waals surface area (Å²) in [6.07, 6.45) is 1.52. The summed E-state index contributed by atoms with van der Waals surface area (Å²) in [5, 5.41) is 9.60. The second-order valence-electron chi connectivity index (χ2n) is 4.32. The molecule has 0 bridgehead atoms. The van der Waals surface area contributed by atoms with Crippen molar-refractivity contribution >= 4 is 16.7 Å². The molecular formula is C16H12N2O2. The molecule has 3 rings (SSSR count). The predicted molar refractivity (Wildman–Crippen MR) is 75.1 cm³/mol. The molecule has 0 aliphatic carbocycles. The molecule has 0 amide bonds. The molecule has 0 N–H and O–H groups in total. The lowest BCUT2D eigenvalue weighted by molar-refractivity contribution is 0.0466. The van der Waals surface area contributed by atoms with E-state index in [4.69, 9.17) is 4.74 Å². The number of ether oxygens (including phenoxy) is 1. The van der Waals surface area contributed by atoms with Gasteiger partial charge in [-0.25, -0.2) is 4.79 Å². The molecule has 4 heteroatoms. The second kappa shape index (κ2) is 5.48. The Morgan fingerprint density at radius 2 is 1.85 bits per heavy atom. The van der Waals surface area contributed by atoms with Gasteiger partial charge >= 0.3 is 5.97 Å². The predicted octanol–water partition coefficient (Wildman–Crippen LogP) is 2.99. The smallest absolute Gasteiger partial charge is 0.359 e. The number of benzene rings is 2. The van der Waals surface area contributed by atoms with E-state index in [1.807, 2.05) is 42.5 Å². The SMILES string of the molecule is O=C(OCc1cccc2ccccc12)c1cccnn1. The highest BCUT2D eigenvalue weighted by Gasteiger charge is 2.09. The Kier molecular flexibility index (Phi) is 3.37. The Morgan fingerprint density at radius 3 is 2.70 bits per heavy atom. The highest BCUT2D eigenvalue weighted by molar-refractivity contribution is 5.88. The maximum Gasteiger partial charge on any atom is 0.359 e. The molecule has 0 aliphatic heterocycles. The highest BCUT2D eigenvalue weighted by atomic mass is 16.5. The number of aromatic nitrogens is 2. The lowest BCUT2D eigenvalue weighted by Crippen LogP contribution is -2.08. The minimum atomic E-state index is -0.467. The van der Waals surface area contributed by atoms with E-state index in [1.54, 1.807) is 12.1 Å². The Balaban J connectivity index is 1.79. The fourth-order valence-corrected chi connectivity index (χ4v) is 2.05. The molecule has 2 aromatic carbocycles. The summed E-state index contributed by atoms with van der Waals surface area (Å²) in [6.45, 7) is 0.219. The minimum Gasteiger partial charge on any atom is -0.456 e. The first-order chi connectivity index (χ1) is 9.84. The average molecular weight is 264 g/mol. The normalized spacial score (nSPS) is 10.4. The zero-order valence-corrected chi connectivity index (χ0v) is 10.7. The van der Waals surface area contributed by atoms with E-state index in [-0.39, 0.29) is 12.3 Å². The first kappa shape index (κ1) is 12.3. The third-order valence-corrected chi connectivity index (χ3v) is 3.02. The zero-order valence-electron chi connectivity index (χ0n) is 10.7. The van der Waals surface area contributed by atoms with Crippen LogP contribution in [0.3, 0.4) is 0 Å². The molecule has 0 saturated heterocycles. The van der Waals surface area contributed by atoms with Crippen molar-refractivity contribution in [1.82, 2.24) is 10.2 Å². The maximum atomic E-state index is 11.8. The first-order valence-electron chi connectivity index (χ1n) is 6.26. The van der Waals surface area contributed by atoms with Crippen molar-refractivity contribution in [2.45, 2.75) is 6.61 Å². The topological polar surface area (TPSA) is 52.1 Å². The molecule has 3 aromatic rings. The van der Waals surface area contributed by atoms with Gasteiger partial charge in [0.1, 0.15) is 6.61 Å². The fraction of sp³-hybridized carbons (Fsp3) is 0.0625. The summed E-state index contributed by atoms with van der Waals surface area (Å²) in [5.74, 6) is -0.467. The molecule has 0 fully saturated rings. The Hall–Kier alpha value is -2.75. The maximum absolute atomic E-state index is 11.8. The molecule has 0 aliphatic rings. The van der Waals surface area contributed by atoms with Gasteiger partial charge in [-0.05, 0) is 28.5 Å². The second-order valence-corrected chi connectivity index (χ2v) is 4.32. The van der Waals surface area contributed by atoms with Crippen LogP contribution in [0.5, 0.6) is 0 Å². The number of hydrogen-bond donors (Lipinski definition) is 0. The van der Waals surface area contributed by atoms with Crippen LogP contribution in [-0.2, 0) is 11.3 Å². The van der Waals surface area contributed by atoms with Crippen LogP contribution in [0.25, 0.3) is 10.8 Å². The molecular weight excluding hydrogens is 252 g/mol. The average Bonchev–Trinajstić information content (AvgIpc) is 2.53. The van der Waals surface area contributed by atoms with Gasteiger partial charge in [0, 0.05) is 6.20 Å². The Bertz CT molecular complexity index is 736. The van der Waals surface area contributed by atoms with Crippen LogP contribution in [0.4, 0.5) is 0 Å². The van der Waals surface area contributed by atoms with Gasteiger partial charge in [0.15, 0.2) is 5.69 Å². The van der Waals surface area contributed by atoms with E-state index in [1.165, 1.54) is 6.20 Å². The van der Waals surface area contributed by atoms with Crippen LogP contribution in [0.2, 0.25) is 0 Å². The van der Waals surface area contributed by atoms with Gasteiger partial charge in [-0.3, -0.25) is 0 Å². The van der Waals surface area contributed by atoms with E-state index >= 15 is 0 Å². The number of rotatable bonds is 3. The largest absolute Gasteiger partial charge is 0.456 e. The molecule has 0 radical (unpaired) electrons. The molecule has 0 unspecified atom stereocenters. The lowest BCUT2D eigenvalue weighted by Gasteiger charge is -2.07. The summed E-state index contributed by atoms with van der Waals surface area (Å²) in [5.41, 5.74) is 1.19. The van der Waals surface area contributed by atoms with Gasteiger partial charge in [-0.2, -0.15) is 5.10 Å². The van der Waals surface area contributed by atoms with Crippen LogP contribution >= 0.6 is 0 Å². The van der Waals surface area contributed by atoms with Crippen molar-refractivity contribution in [3.05, 3.63) is 72.1 Å². The molecule has 20 heavy (non-hydrogen) atoms. The summed E-state index contributed by atoms with van der Waals surface area (Å²) < 4.78 is 5.28. The summed E-state index contributed by atoms with van der Waals surface area (Å²) >= 11 is 0. The van der Waals surface area contributed by atoms with Gasteiger partial charge in [0.2, 0.25) is 0 Å². The fourth-order valence-electron chi connectivity index (χ4n) is 2.05. The van der Waals surface area contributed by atoms with Crippen molar-refractivity contribution in [3.63, 3.8) is 0 Å². The van der Waals surface area contributed by atoms with Gasteiger partial charge in [0.05, 0.1) is 0 Å². The van der Waals surface area contributed by atoms with Crippen molar-refractivity contribution in [1.29, 1.82) is 0 Å². The van der Waals surface area contributed by atoms with Crippen molar-refractivity contribution in [2.75, 3.05) is 0 Å². The third-order valence-electron chi connectivity index (χ3n) is 3.02. The molecule has 0 atom stereocenters. The molecule has 4 nitrogen and oxygen atoms in total.